The minimum absolute atomic E-state index is 0.190. The fourth-order valence-electron chi connectivity index (χ4n) is 5.07. The van der Waals surface area contributed by atoms with Gasteiger partial charge in [0.25, 0.3) is 0 Å². The molecule has 2 aromatic rings. The molecule has 2 aliphatic heterocycles. The Labute approximate surface area is 186 Å². The van der Waals surface area contributed by atoms with E-state index in [1.807, 2.05) is 0 Å². The van der Waals surface area contributed by atoms with Gasteiger partial charge in [-0.3, -0.25) is 0 Å². The van der Waals surface area contributed by atoms with Gasteiger partial charge in [-0.05, 0) is 67.0 Å². The van der Waals surface area contributed by atoms with E-state index >= 15 is 0 Å². The first-order valence-electron chi connectivity index (χ1n) is 10.6. The minimum Gasteiger partial charge on any atom is -0.406 e. The summed E-state index contributed by atoms with van der Waals surface area (Å²) in [5, 5.41) is 15.6. The third-order valence-corrected chi connectivity index (χ3v) is 6.36. The predicted molar refractivity (Wildman–Crippen MR) is 107 cm³/mol. The molecule has 33 heavy (non-hydrogen) atoms. The molecule has 0 amide bonds. The average molecular weight is 475 g/mol. The highest BCUT2D eigenvalue weighted by Gasteiger charge is 2.45. The molecule has 2 N–H and O–H groups in total. The Morgan fingerprint density at radius 3 is 1.45 bits per heavy atom. The summed E-state index contributed by atoms with van der Waals surface area (Å²) in [5.74, 6) is -1.15. The number of hydrogen-bond donors (Lipinski definition) is 2. The SMILES string of the molecule is OC(c1ccc(OC(F)(F)F)cc1)(c1ccc(OC(F)(F)F)cc1)C1CC2CCCC(C1)N2. The summed E-state index contributed by atoms with van der Waals surface area (Å²) in [4.78, 5) is 0. The Kier molecular flexibility index (Phi) is 6.26. The smallest absolute Gasteiger partial charge is 0.406 e. The molecule has 0 spiro atoms. The Morgan fingerprint density at radius 1 is 0.697 bits per heavy atom. The van der Waals surface area contributed by atoms with Gasteiger partial charge in [0.2, 0.25) is 0 Å². The molecule has 0 saturated carbocycles. The van der Waals surface area contributed by atoms with E-state index in [9.17, 15) is 31.4 Å². The second-order valence-corrected chi connectivity index (χ2v) is 8.57. The van der Waals surface area contributed by atoms with E-state index in [4.69, 9.17) is 0 Å². The monoisotopic (exact) mass is 475 g/mol. The predicted octanol–water partition coefficient (Wildman–Crippen LogP) is 5.64. The highest BCUT2D eigenvalue weighted by molar-refractivity contribution is 5.42. The number of aliphatic hydroxyl groups is 1. The van der Waals surface area contributed by atoms with Gasteiger partial charge in [-0.1, -0.05) is 30.7 Å². The number of piperidine rings is 2. The number of rotatable bonds is 5. The fraction of sp³-hybridized carbons (Fsp3) is 0.478. The molecule has 0 radical (unpaired) electrons. The van der Waals surface area contributed by atoms with E-state index in [0.29, 0.717) is 24.0 Å². The lowest BCUT2D eigenvalue weighted by Gasteiger charge is -2.47. The number of hydrogen-bond acceptors (Lipinski definition) is 4. The van der Waals surface area contributed by atoms with Crippen LogP contribution in [-0.4, -0.2) is 29.9 Å². The first kappa shape index (κ1) is 23.7. The summed E-state index contributed by atoms with van der Waals surface area (Å²) in [7, 11) is 0. The summed E-state index contributed by atoms with van der Waals surface area (Å²) < 4.78 is 83.1. The van der Waals surface area contributed by atoms with Crippen LogP contribution in [0.5, 0.6) is 11.5 Å². The van der Waals surface area contributed by atoms with Crippen LogP contribution < -0.4 is 14.8 Å². The molecular weight excluding hydrogens is 452 g/mol. The molecule has 180 valence electrons. The first-order valence-corrected chi connectivity index (χ1v) is 10.6. The van der Waals surface area contributed by atoms with Crippen LogP contribution in [0.1, 0.15) is 43.2 Å². The Hall–Kier alpha value is -2.46. The van der Waals surface area contributed by atoms with Crippen LogP contribution in [0.4, 0.5) is 26.3 Å². The number of fused-ring (bicyclic) bond motifs is 2. The zero-order valence-electron chi connectivity index (χ0n) is 17.4. The molecule has 2 atom stereocenters. The molecular formula is C23H23F6NO3. The molecule has 2 unspecified atom stereocenters. The lowest BCUT2D eigenvalue weighted by atomic mass is 9.67. The van der Waals surface area contributed by atoms with Crippen molar-refractivity contribution in [2.75, 3.05) is 0 Å². The Morgan fingerprint density at radius 2 is 1.09 bits per heavy atom. The van der Waals surface area contributed by atoms with Crippen LogP contribution in [0.2, 0.25) is 0 Å². The van der Waals surface area contributed by atoms with Gasteiger partial charge < -0.3 is 19.9 Å². The molecule has 0 aromatic heterocycles. The van der Waals surface area contributed by atoms with E-state index in [1.165, 1.54) is 24.3 Å². The van der Waals surface area contributed by atoms with Crippen molar-refractivity contribution in [3.8, 4) is 11.5 Å². The van der Waals surface area contributed by atoms with E-state index in [2.05, 4.69) is 14.8 Å². The maximum absolute atomic E-state index is 12.5. The highest BCUT2D eigenvalue weighted by Crippen LogP contribution is 2.46. The molecule has 4 nitrogen and oxygen atoms in total. The minimum atomic E-state index is -4.85. The average Bonchev–Trinajstić information content (AvgIpc) is 2.71. The van der Waals surface area contributed by atoms with Gasteiger partial charge in [0.05, 0.1) is 0 Å². The lowest BCUT2D eigenvalue weighted by molar-refractivity contribution is -0.275. The van der Waals surface area contributed by atoms with Crippen molar-refractivity contribution in [3.05, 3.63) is 59.7 Å². The first-order chi connectivity index (χ1) is 15.4. The van der Waals surface area contributed by atoms with E-state index in [-0.39, 0.29) is 18.0 Å². The van der Waals surface area contributed by atoms with Gasteiger partial charge in [0.1, 0.15) is 17.1 Å². The topological polar surface area (TPSA) is 50.7 Å². The van der Waals surface area contributed by atoms with Gasteiger partial charge in [-0.25, -0.2) is 0 Å². The van der Waals surface area contributed by atoms with Gasteiger partial charge in [-0.2, -0.15) is 0 Å². The van der Waals surface area contributed by atoms with Crippen LogP contribution >= 0.6 is 0 Å². The van der Waals surface area contributed by atoms with E-state index in [1.54, 1.807) is 0 Å². The van der Waals surface area contributed by atoms with E-state index < -0.39 is 29.8 Å². The van der Waals surface area contributed by atoms with Gasteiger partial charge in [0, 0.05) is 12.1 Å². The molecule has 2 fully saturated rings. The second kappa shape index (κ2) is 8.72. The largest absolute Gasteiger partial charge is 0.573 e. The van der Waals surface area contributed by atoms with Crippen molar-refractivity contribution in [2.45, 2.75) is 62.5 Å². The zero-order valence-corrected chi connectivity index (χ0v) is 17.4. The maximum atomic E-state index is 12.5. The van der Waals surface area contributed by atoms with Crippen molar-refractivity contribution in [3.63, 3.8) is 0 Å². The van der Waals surface area contributed by atoms with Crippen molar-refractivity contribution in [2.24, 2.45) is 5.92 Å². The number of alkyl halides is 6. The molecule has 4 rings (SSSR count). The van der Waals surface area contributed by atoms with Crippen LogP contribution in [-0.2, 0) is 5.60 Å². The molecule has 2 heterocycles. The van der Waals surface area contributed by atoms with Crippen molar-refractivity contribution in [1.29, 1.82) is 0 Å². The quantitative estimate of drug-likeness (QED) is 0.550. The van der Waals surface area contributed by atoms with Gasteiger partial charge in [-0.15, -0.1) is 26.3 Å². The van der Waals surface area contributed by atoms with Crippen LogP contribution in [0.3, 0.4) is 0 Å². The van der Waals surface area contributed by atoms with Gasteiger partial charge >= 0.3 is 12.7 Å². The summed E-state index contributed by atoms with van der Waals surface area (Å²) in [6.07, 6.45) is -5.50. The number of halogens is 6. The standard InChI is InChI=1S/C23H23F6NO3/c24-22(25,26)32-19-8-4-14(5-9-19)21(31,16-12-17-2-1-3-18(13-16)30-17)15-6-10-20(11-7-15)33-23(27,28)29/h4-11,16-18,30-31H,1-3,12-13H2. The van der Waals surface area contributed by atoms with Crippen molar-refractivity contribution in [1.82, 2.24) is 5.32 Å². The number of ether oxygens (including phenoxy) is 2. The normalized spacial score (nSPS) is 23.8. The molecule has 2 saturated heterocycles. The van der Waals surface area contributed by atoms with Crippen LogP contribution in [0.25, 0.3) is 0 Å². The molecule has 2 aliphatic rings. The Bertz CT molecular complexity index is 871. The molecule has 2 bridgehead atoms. The fourth-order valence-corrected chi connectivity index (χ4v) is 5.07. The number of nitrogens with one attached hydrogen (secondary N) is 1. The van der Waals surface area contributed by atoms with E-state index in [0.717, 1.165) is 43.5 Å². The molecule has 2 aromatic carbocycles. The van der Waals surface area contributed by atoms with Crippen LogP contribution in [0.15, 0.2) is 48.5 Å². The summed E-state index contributed by atoms with van der Waals surface area (Å²) in [6.45, 7) is 0. The van der Waals surface area contributed by atoms with Crippen molar-refractivity contribution >= 4 is 0 Å². The zero-order chi connectivity index (χ0) is 23.9. The summed E-state index contributed by atoms with van der Waals surface area (Å²) in [5.41, 5.74) is -0.943. The third kappa shape index (κ3) is 5.55. The summed E-state index contributed by atoms with van der Waals surface area (Å²) in [6, 6.07) is 10.3. The second-order valence-electron chi connectivity index (χ2n) is 8.57. The number of benzene rings is 2. The summed E-state index contributed by atoms with van der Waals surface area (Å²) >= 11 is 0. The van der Waals surface area contributed by atoms with Crippen LogP contribution in [0, 0.1) is 5.92 Å². The lowest BCUT2D eigenvalue weighted by Crippen LogP contribution is -2.53. The Balaban J connectivity index is 1.69. The van der Waals surface area contributed by atoms with Crippen molar-refractivity contribution < 1.29 is 40.9 Å². The third-order valence-electron chi connectivity index (χ3n) is 6.36. The molecule has 10 heteroatoms. The highest BCUT2D eigenvalue weighted by atomic mass is 19.4. The maximum Gasteiger partial charge on any atom is 0.573 e. The molecule has 0 aliphatic carbocycles. The van der Waals surface area contributed by atoms with Gasteiger partial charge in [0.15, 0.2) is 0 Å².